The molecule has 0 fully saturated rings. The smallest absolute Gasteiger partial charge is 0.221 e. The third-order valence-electron chi connectivity index (χ3n) is 2.75. The van der Waals surface area contributed by atoms with Gasteiger partial charge in [-0.2, -0.15) is 10.1 Å². The Balaban J connectivity index is 2.31. The number of nitrogens with zero attached hydrogens (tertiary/aromatic N) is 4. The molecule has 0 saturated carbocycles. The van der Waals surface area contributed by atoms with Crippen molar-refractivity contribution in [2.45, 2.75) is 6.61 Å². The Bertz CT molecular complexity index is 755. The van der Waals surface area contributed by atoms with Gasteiger partial charge in [-0.15, -0.1) is 0 Å². The van der Waals surface area contributed by atoms with Crippen LogP contribution in [0.2, 0.25) is 0 Å². The number of hydrogen-bond acceptors (Lipinski definition) is 5. The number of rotatable bonds is 2. The van der Waals surface area contributed by atoms with Gasteiger partial charge in [-0.3, -0.25) is 0 Å². The molecule has 3 aromatic rings. The zero-order chi connectivity index (χ0) is 13.4. The van der Waals surface area contributed by atoms with Gasteiger partial charge in [0.25, 0.3) is 0 Å². The van der Waals surface area contributed by atoms with Crippen LogP contribution in [0, 0.1) is 0 Å². The number of halogens is 1. The van der Waals surface area contributed by atoms with E-state index in [9.17, 15) is 5.11 Å². The average Bonchev–Trinajstić information content (AvgIpc) is 2.76. The van der Waals surface area contributed by atoms with Crippen LogP contribution in [0.5, 0.6) is 0 Å². The van der Waals surface area contributed by atoms with E-state index in [4.69, 9.17) is 5.73 Å². The van der Waals surface area contributed by atoms with Gasteiger partial charge in [-0.25, -0.2) is 9.67 Å². The standard InChI is InChI=1S/C12H10BrN5O/c13-7-1-2-8-9(6-19)17-18(10(8)5-7)11-3-4-15-12(14)16-11/h1-5,19H,6H2,(H2,14,15,16). The highest BCUT2D eigenvalue weighted by molar-refractivity contribution is 9.10. The van der Waals surface area contributed by atoms with Crippen molar-refractivity contribution in [1.82, 2.24) is 19.7 Å². The van der Waals surface area contributed by atoms with Gasteiger partial charge in [0.2, 0.25) is 5.95 Å². The number of fused-ring (bicyclic) bond motifs is 1. The maximum absolute atomic E-state index is 9.37. The molecule has 0 spiro atoms. The topological polar surface area (TPSA) is 89.8 Å². The summed E-state index contributed by atoms with van der Waals surface area (Å²) in [5.41, 5.74) is 7.03. The monoisotopic (exact) mass is 319 g/mol. The quantitative estimate of drug-likeness (QED) is 0.749. The molecule has 3 rings (SSSR count). The molecule has 3 N–H and O–H groups in total. The summed E-state index contributed by atoms with van der Waals surface area (Å²) >= 11 is 3.42. The normalized spacial score (nSPS) is 11.1. The third kappa shape index (κ3) is 2.06. The Labute approximate surface area is 117 Å². The van der Waals surface area contributed by atoms with Crippen LogP contribution in [0.1, 0.15) is 5.69 Å². The van der Waals surface area contributed by atoms with Crippen molar-refractivity contribution in [2.75, 3.05) is 5.73 Å². The van der Waals surface area contributed by atoms with Gasteiger partial charge in [-0.1, -0.05) is 15.9 Å². The first-order valence-corrected chi connectivity index (χ1v) is 6.35. The summed E-state index contributed by atoms with van der Waals surface area (Å²) in [6.45, 7) is -0.133. The van der Waals surface area contributed by atoms with E-state index in [1.165, 1.54) is 0 Å². The van der Waals surface area contributed by atoms with Crippen molar-refractivity contribution in [1.29, 1.82) is 0 Å². The Morgan fingerprint density at radius 1 is 1.32 bits per heavy atom. The van der Waals surface area contributed by atoms with E-state index < -0.39 is 0 Å². The van der Waals surface area contributed by atoms with Crippen molar-refractivity contribution < 1.29 is 5.11 Å². The van der Waals surface area contributed by atoms with Gasteiger partial charge in [-0.05, 0) is 18.2 Å². The Morgan fingerprint density at radius 2 is 2.16 bits per heavy atom. The fraction of sp³-hybridized carbons (Fsp3) is 0.0833. The third-order valence-corrected chi connectivity index (χ3v) is 3.24. The molecule has 0 amide bonds. The molecule has 0 bridgehead atoms. The SMILES string of the molecule is Nc1nccc(-n2nc(CO)c3ccc(Br)cc32)n1. The number of aromatic nitrogens is 4. The average molecular weight is 320 g/mol. The van der Waals surface area contributed by atoms with Gasteiger partial charge >= 0.3 is 0 Å². The molecule has 0 aliphatic heterocycles. The van der Waals surface area contributed by atoms with Crippen molar-refractivity contribution >= 4 is 32.8 Å². The van der Waals surface area contributed by atoms with E-state index in [1.807, 2.05) is 18.2 Å². The zero-order valence-electron chi connectivity index (χ0n) is 9.79. The second-order valence-electron chi connectivity index (χ2n) is 3.95. The van der Waals surface area contributed by atoms with E-state index in [1.54, 1.807) is 16.9 Å². The van der Waals surface area contributed by atoms with E-state index in [0.29, 0.717) is 11.5 Å². The highest BCUT2D eigenvalue weighted by Crippen LogP contribution is 2.25. The van der Waals surface area contributed by atoms with Crippen LogP contribution in [0.4, 0.5) is 5.95 Å². The van der Waals surface area contributed by atoms with E-state index in [0.717, 1.165) is 15.4 Å². The minimum atomic E-state index is -0.133. The lowest BCUT2D eigenvalue weighted by atomic mass is 10.2. The second-order valence-corrected chi connectivity index (χ2v) is 4.87. The summed E-state index contributed by atoms with van der Waals surface area (Å²) in [4.78, 5) is 8.00. The van der Waals surface area contributed by atoms with Crippen molar-refractivity contribution in [3.63, 3.8) is 0 Å². The molecular formula is C12H10BrN5O. The molecule has 19 heavy (non-hydrogen) atoms. The van der Waals surface area contributed by atoms with Crippen LogP contribution in [0.25, 0.3) is 16.7 Å². The molecule has 0 unspecified atom stereocenters. The molecule has 1 aromatic carbocycles. The highest BCUT2D eigenvalue weighted by atomic mass is 79.9. The number of benzene rings is 1. The largest absolute Gasteiger partial charge is 0.390 e. The molecule has 0 atom stereocenters. The first kappa shape index (κ1) is 12.1. The van der Waals surface area contributed by atoms with E-state index in [2.05, 4.69) is 31.0 Å². The fourth-order valence-corrected chi connectivity index (χ4v) is 2.27. The van der Waals surface area contributed by atoms with Gasteiger partial charge < -0.3 is 10.8 Å². The van der Waals surface area contributed by atoms with Gasteiger partial charge in [0.05, 0.1) is 17.8 Å². The molecule has 7 heteroatoms. The first-order valence-electron chi connectivity index (χ1n) is 5.56. The Kier molecular flexibility index (Phi) is 2.92. The van der Waals surface area contributed by atoms with Crippen LogP contribution in [-0.4, -0.2) is 24.9 Å². The van der Waals surface area contributed by atoms with Crippen LogP contribution >= 0.6 is 15.9 Å². The molecule has 0 aliphatic carbocycles. The minimum Gasteiger partial charge on any atom is -0.390 e. The molecule has 2 heterocycles. The van der Waals surface area contributed by atoms with Crippen LogP contribution in [-0.2, 0) is 6.61 Å². The summed E-state index contributed by atoms with van der Waals surface area (Å²) in [7, 11) is 0. The molecule has 2 aromatic heterocycles. The lowest BCUT2D eigenvalue weighted by Gasteiger charge is -2.02. The van der Waals surface area contributed by atoms with Crippen LogP contribution in [0.3, 0.4) is 0 Å². The number of nitrogen functional groups attached to an aromatic ring is 1. The minimum absolute atomic E-state index is 0.133. The predicted octanol–water partition coefficient (Wildman–Crippen LogP) is 1.65. The highest BCUT2D eigenvalue weighted by Gasteiger charge is 2.12. The number of anilines is 1. The van der Waals surface area contributed by atoms with Crippen LogP contribution < -0.4 is 5.73 Å². The number of nitrogens with two attached hydrogens (primary N) is 1. The van der Waals surface area contributed by atoms with E-state index >= 15 is 0 Å². The van der Waals surface area contributed by atoms with Gasteiger partial charge in [0.15, 0.2) is 5.82 Å². The lowest BCUT2D eigenvalue weighted by molar-refractivity contribution is 0.277. The zero-order valence-corrected chi connectivity index (χ0v) is 11.4. The maximum atomic E-state index is 9.37. The van der Waals surface area contributed by atoms with Crippen molar-refractivity contribution in [3.8, 4) is 5.82 Å². The van der Waals surface area contributed by atoms with E-state index in [-0.39, 0.29) is 12.6 Å². The lowest BCUT2D eigenvalue weighted by Crippen LogP contribution is -2.03. The Morgan fingerprint density at radius 3 is 2.89 bits per heavy atom. The first-order chi connectivity index (χ1) is 9.19. The van der Waals surface area contributed by atoms with Crippen molar-refractivity contribution in [2.24, 2.45) is 0 Å². The Hall–Kier alpha value is -1.99. The molecule has 0 saturated heterocycles. The van der Waals surface area contributed by atoms with Gasteiger partial charge in [0.1, 0.15) is 0 Å². The molecule has 6 nitrogen and oxygen atoms in total. The maximum Gasteiger partial charge on any atom is 0.221 e. The molecule has 96 valence electrons. The second kappa shape index (κ2) is 4.60. The fourth-order valence-electron chi connectivity index (χ4n) is 1.93. The predicted molar refractivity (Wildman–Crippen MR) is 74.7 cm³/mol. The molecule has 0 aliphatic rings. The summed E-state index contributed by atoms with van der Waals surface area (Å²) in [5, 5.41) is 14.6. The molecule has 0 radical (unpaired) electrons. The van der Waals surface area contributed by atoms with Gasteiger partial charge in [0, 0.05) is 22.1 Å². The summed E-state index contributed by atoms with van der Waals surface area (Å²) in [5.74, 6) is 0.747. The summed E-state index contributed by atoms with van der Waals surface area (Å²) in [6, 6.07) is 7.44. The molecular weight excluding hydrogens is 310 g/mol. The number of aliphatic hydroxyl groups excluding tert-OH is 1. The number of aliphatic hydroxyl groups is 1. The van der Waals surface area contributed by atoms with Crippen molar-refractivity contribution in [3.05, 3.63) is 40.6 Å². The summed E-state index contributed by atoms with van der Waals surface area (Å²) < 4.78 is 2.57. The number of hydrogen-bond donors (Lipinski definition) is 2. The van der Waals surface area contributed by atoms with Crippen LogP contribution in [0.15, 0.2) is 34.9 Å². The summed E-state index contributed by atoms with van der Waals surface area (Å²) in [6.07, 6.45) is 1.57.